The highest BCUT2D eigenvalue weighted by molar-refractivity contribution is 6.15. The second kappa shape index (κ2) is 9.81. The number of nitrogens with zero attached hydrogens (tertiary/aromatic N) is 3. The van der Waals surface area contributed by atoms with Gasteiger partial charge in [0.1, 0.15) is 0 Å². The van der Waals surface area contributed by atoms with Crippen LogP contribution < -0.4 is 5.43 Å². The summed E-state index contributed by atoms with van der Waals surface area (Å²) in [6.45, 7) is 1.94. The van der Waals surface area contributed by atoms with E-state index in [9.17, 15) is 29.8 Å². The van der Waals surface area contributed by atoms with Crippen molar-refractivity contribution in [3.05, 3.63) is 149 Å². The molecule has 0 fully saturated rings. The highest BCUT2D eigenvalue weighted by Gasteiger charge is 2.27. The van der Waals surface area contributed by atoms with Crippen LogP contribution in [0.4, 0.5) is 11.4 Å². The van der Waals surface area contributed by atoms with Gasteiger partial charge in [-0.05, 0) is 107 Å². The van der Waals surface area contributed by atoms with Gasteiger partial charge >= 0.3 is 0 Å². The van der Waals surface area contributed by atoms with Crippen LogP contribution in [0.15, 0.2) is 95.8 Å². The Balaban J connectivity index is 1.33. The molecule has 0 atom stereocenters. The van der Waals surface area contributed by atoms with Crippen molar-refractivity contribution in [1.29, 1.82) is 0 Å². The zero-order chi connectivity index (χ0) is 30.9. The molecule has 0 unspecified atom stereocenters. The molecule has 0 saturated heterocycles. The van der Waals surface area contributed by atoms with Crippen molar-refractivity contribution in [1.82, 2.24) is 4.57 Å². The molecule has 0 radical (unpaired) electrons. The van der Waals surface area contributed by atoms with Crippen molar-refractivity contribution >= 4 is 39.0 Å². The lowest BCUT2D eigenvalue weighted by atomic mass is 9.80. The number of aryl methyl sites for hydroxylation is 2. The molecule has 0 spiro atoms. The normalized spacial score (nSPS) is 12.3. The molecule has 1 aliphatic carbocycles. The Kier molecular flexibility index (Phi) is 6.00. The van der Waals surface area contributed by atoms with Crippen LogP contribution in [0, 0.1) is 27.2 Å². The number of nitro benzene ring substituents is 2. The number of nitro groups is 2. The van der Waals surface area contributed by atoms with E-state index in [-0.39, 0.29) is 22.6 Å². The summed E-state index contributed by atoms with van der Waals surface area (Å²) >= 11 is 0. The van der Waals surface area contributed by atoms with E-state index < -0.39 is 9.85 Å². The summed E-state index contributed by atoms with van der Waals surface area (Å²) in [4.78, 5) is 49.1. The molecule has 1 heterocycles. The van der Waals surface area contributed by atoms with E-state index in [2.05, 4.69) is 0 Å². The monoisotopic (exact) mass is 581 g/mol. The van der Waals surface area contributed by atoms with Crippen LogP contribution in [-0.2, 0) is 13.5 Å². The largest absolute Gasteiger partial charge is 0.343 e. The van der Waals surface area contributed by atoms with Crippen molar-refractivity contribution in [2.75, 3.05) is 0 Å². The van der Waals surface area contributed by atoms with Gasteiger partial charge in [0.05, 0.1) is 20.9 Å². The fourth-order valence-electron chi connectivity index (χ4n) is 6.22. The summed E-state index contributed by atoms with van der Waals surface area (Å²) in [7, 11) is 1.86. The number of fused-ring (bicyclic) bond motifs is 4. The van der Waals surface area contributed by atoms with E-state index in [0.717, 1.165) is 38.9 Å². The molecule has 9 nitrogen and oxygen atoms in total. The molecule has 0 bridgehead atoms. The van der Waals surface area contributed by atoms with Gasteiger partial charge in [-0.2, -0.15) is 0 Å². The Labute approximate surface area is 249 Å². The molecular formula is C35H23N3O6. The van der Waals surface area contributed by atoms with Gasteiger partial charge in [0, 0.05) is 53.2 Å². The molecule has 1 aromatic heterocycles. The van der Waals surface area contributed by atoms with Crippen LogP contribution in [0.25, 0.3) is 44.1 Å². The van der Waals surface area contributed by atoms with Gasteiger partial charge < -0.3 is 4.57 Å². The molecule has 5 aromatic carbocycles. The topological polar surface area (TPSA) is 125 Å². The second-order valence-corrected chi connectivity index (χ2v) is 11.1. The number of carbonyl (C=O) groups is 1. The lowest BCUT2D eigenvalue weighted by molar-refractivity contribution is -0.385. The van der Waals surface area contributed by atoms with Crippen molar-refractivity contribution < 1.29 is 14.6 Å². The molecule has 44 heavy (non-hydrogen) atoms. The Hall–Kier alpha value is -5.96. The number of benzene rings is 5. The van der Waals surface area contributed by atoms with E-state index in [1.807, 2.05) is 54.9 Å². The third-order valence-electron chi connectivity index (χ3n) is 8.58. The lowest BCUT2D eigenvalue weighted by Gasteiger charge is -2.23. The molecule has 1 aliphatic rings. The van der Waals surface area contributed by atoms with Gasteiger partial charge in [0.25, 0.3) is 11.4 Å². The molecule has 9 heteroatoms. The molecule has 6 aromatic rings. The summed E-state index contributed by atoms with van der Waals surface area (Å²) in [6, 6.07) is 25.5. The first-order chi connectivity index (χ1) is 21.1. The number of non-ortho nitro benzene ring substituents is 2. The standard InChI is InChI=1S/C35H23N3O6/c1-19-13-23(21-5-10-26(11-6-21)38(43)44)15-29-27(19)16-24-17-31-33(18-28(24)34(29)39)36(2)32-12-7-22(14-30(32)35(31)40)20-3-8-25(9-4-20)37(41)42/h3-15,17-18H,16H2,1-2H3. The number of ketones is 1. The van der Waals surface area contributed by atoms with Crippen molar-refractivity contribution in [3.63, 3.8) is 0 Å². The maximum atomic E-state index is 13.9. The van der Waals surface area contributed by atoms with Gasteiger partial charge in [-0.25, -0.2) is 0 Å². The molecular weight excluding hydrogens is 558 g/mol. The van der Waals surface area contributed by atoms with Gasteiger partial charge in [-0.15, -0.1) is 0 Å². The van der Waals surface area contributed by atoms with Crippen molar-refractivity contribution in [2.45, 2.75) is 13.3 Å². The number of rotatable bonds is 4. The van der Waals surface area contributed by atoms with Crippen LogP contribution in [0.3, 0.4) is 0 Å². The SMILES string of the molecule is Cc1cc(-c2ccc([N+](=O)[O-])cc2)cc2c1Cc1cc3c(=O)c4cc(-c5ccc([N+](=O)[O-])cc5)ccc4n(C)c3cc1C2=O. The fraction of sp³-hybridized carbons (Fsp3) is 0.0857. The quantitative estimate of drug-likeness (QED) is 0.122. The average molecular weight is 582 g/mol. The lowest BCUT2D eigenvalue weighted by Crippen LogP contribution is -2.18. The molecule has 0 amide bonds. The van der Waals surface area contributed by atoms with E-state index in [4.69, 9.17) is 0 Å². The van der Waals surface area contributed by atoms with Crippen LogP contribution in [0.5, 0.6) is 0 Å². The Morgan fingerprint density at radius 3 is 1.82 bits per heavy atom. The third kappa shape index (κ3) is 4.17. The average Bonchev–Trinajstić information content (AvgIpc) is 3.03. The fourth-order valence-corrected chi connectivity index (χ4v) is 6.22. The smallest absolute Gasteiger partial charge is 0.269 e. The summed E-state index contributed by atoms with van der Waals surface area (Å²) in [5, 5.41) is 23.2. The summed E-state index contributed by atoms with van der Waals surface area (Å²) in [5.74, 6) is -0.129. The van der Waals surface area contributed by atoms with Crippen LogP contribution >= 0.6 is 0 Å². The highest BCUT2D eigenvalue weighted by Crippen LogP contribution is 2.36. The molecule has 7 rings (SSSR count). The van der Waals surface area contributed by atoms with E-state index >= 15 is 0 Å². The van der Waals surface area contributed by atoms with Crippen LogP contribution in [0.1, 0.15) is 32.6 Å². The number of aromatic nitrogens is 1. The summed E-state index contributed by atoms with van der Waals surface area (Å²) < 4.78 is 1.91. The van der Waals surface area contributed by atoms with Crippen LogP contribution in [0.2, 0.25) is 0 Å². The molecule has 0 saturated carbocycles. The minimum atomic E-state index is -0.449. The first-order valence-corrected chi connectivity index (χ1v) is 13.9. The Morgan fingerprint density at radius 1 is 0.636 bits per heavy atom. The predicted octanol–water partition coefficient (Wildman–Crippen LogP) is 7.29. The van der Waals surface area contributed by atoms with Gasteiger partial charge in [-0.1, -0.05) is 12.1 Å². The second-order valence-electron chi connectivity index (χ2n) is 11.1. The first kappa shape index (κ1) is 26.9. The van der Waals surface area contributed by atoms with Gasteiger partial charge in [-0.3, -0.25) is 29.8 Å². The Bertz CT molecular complexity index is 2300. The summed E-state index contributed by atoms with van der Waals surface area (Å²) in [5.41, 5.74) is 8.03. The van der Waals surface area contributed by atoms with Gasteiger partial charge in [0.15, 0.2) is 11.2 Å². The number of pyridine rings is 1. The summed E-state index contributed by atoms with van der Waals surface area (Å²) in [6.07, 6.45) is 0.489. The highest BCUT2D eigenvalue weighted by atomic mass is 16.6. The predicted molar refractivity (Wildman–Crippen MR) is 168 cm³/mol. The molecule has 0 aliphatic heterocycles. The van der Waals surface area contributed by atoms with Crippen LogP contribution in [-0.4, -0.2) is 20.2 Å². The minimum absolute atomic E-state index is 0.000946. The van der Waals surface area contributed by atoms with Crippen molar-refractivity contribution in [2.24, 2.45) is 7.05 Å². The Morgan fingerprint density at radius 2 is 1.20 bits per heavy atom. The van der Waals surface area contributed by atoms with Gasteiger partial charge in [0.2, 0.25) is 0 Å². The van der Waals surface area contributed by atoms with E-state index in [0.29, 0.717) is 39.4 Å². The first-order valence-electron chi connectivity index (χ1n) is 13.9. The molecule has 214 valence electrons. The zero-order valence-corrected chi connectivity index (χ0v) is 23.7. The van der Waals surface area contributed by atoms with E-state index in [1.54, 1.807) is 30.3 Å². The van der Waals surface area contributed by atoms with Crippen molar-refractivity contribution in [3.8, 4) is 22.3 Å². The minimum Gasteiger partial charge on any atom is -0.343 e. The van der Waals surface area contributed by atoms with E-state index in [1.165, 1.54) is 24.3 Å². The zero-order valence-electron chi connectivity index (χ0n) is 23.7. The maximum absolute atomic E-state index is 13.9. The maximum Gasteiger partial charge on any atom is 0.269 e. The third-order valence-corrected chi connectivity index (χ3v) is 8.58. The number of hydrogen-bond acceptors (Lipinski definition) is 6. The molecule has 0 N–H and O–H groups in total. The number of hydrogen-bond donors (Lipinski definition) is 0. The number of carbonyl (C=O) groups excluding carboxylic acids is 1.